The average molecular weight is 1440 g/mol. The van der Waals surface area contributed by atoms with Crippen LogP contribution in [-0.2, 0) is 96.3 Å². The lowest BCUT2D eigenvalue weighted by molar-refractivity contribution is 0.171. The minimum Gasteiger partial charge on any atom is -0.332 e. The van der Waals surface area contributed by atoms with Crippen LogP contribution in [0, 0.1) is 0 Å². The van der Waals surface area contributed by atoms with Crippen LogP contribution in [0.15, 0.2) is 97.1 Å². The number of nitrogens with one attached hydrogen (secondary N) is 8. The topological polar surface area (TPSA) is 170 Å². The van der Waals surface area contributed by atoms with Crippen molar-refractivity contribution >= 4 is 166 Å². The van der Waals surface area contributed by atoms with Crippen LogP contribution in [0.3, 0.4) is 0 Å². The molecule has 4 aromatic carbocycles. The van der Waals surface area contributed by atoms with Crippen LogP contribution in [-0.4, -0.2) is 69.3 Å². The van der Waals surface area contributed by atoms with Gasteiger partial charge in [-0.2, -0.15) is 0 Å². The molecule has 0 saturated carbocycles. The largest absolute Gasteiger partial charge is 0.332 e. The SMILES string of the molecule is CC(C)OP(=S)(NC(=S)Nc1ccc(Cc2ccc(NC(=S)NP(=S)(OC(C)C)OC(C)C)cc2)cc1)OC(C)C.CC(C)OP(=S)(NC(=S)Nc1ccc(Cc2ccc(NC(=S)NP(=S)(OC(C)C)OC(C)C)cc2)cc1)OC(C)C.CCCCCC. The van der Waals surface area contributed by atoms with Gasteiger partial charge in [0.25, 0.3) is 26.6 Å². The molecule has 0 fully saturated rings. The Balaban J connectivity index is 0.000000548. The van der Waals surface area contributed by atoms with Gasteiger partial charge in [-0.3, -0.25) is 20.3 Å². The van der Waals surface area contributed by atoms with Crippen molar-refractivity contribution in [3.8, 4) is 0 Å². The van der Waals surface area contributed by atoms with E-state index in [0.29, 0.717) is 20.4 Å². The number of thiocarbonyl (C=S) groups is 4. The Morgan fingerprint density at radius 3 is 0.568 bits per heavy atom. The Morgan fingerprint density at radius 1 is 0.295 bits per heavy atom. The third-order valence-corrected chi connectivity index (χ3v) is 22.5. The lowest BCUT2D eigenvalue weighted by atomic mass is 10.0. The Labute approximate surface area is 570 Å². The van der Waals surface area contributed by atoms with E-state index in [0.717, 1.165) is 57.8 Å². The standard InChI is InChI=1S/2C27H42N4O4P2S4.C6H14/c2*1-18(2)32-36(40,33-19(3)4)30-26(38)28-24-13-9-22(10-14-24)17-23-11-15-25(16-12-23)29-27(39)31-37(41,34-20(5)6)35-21(7)8;1-3-5-6-4-2/h2*9-16,18-21H,17H2,1-8H3,(H2,28,30,38,40)(H2,29,31,39,41);3-6H2,1-2H3. The number of hydrogen-bond donors (Lipinski definition) is 8. The van der Waals surface area contributed by atoms with Gasteiger partial charge in [0.2, 0.25) is 0 Å². The van der Waals surface area contributed by atoms with Crippen LogP contribution >= 0.6 is 75.4 Å². The second-order valence-corrected chi connectivity index (χ2v) is 36.3. The van der Waals surface area contributed by atoms with E-state index in [1.165, 1.54) is 25.7 Å². The van der Waals surface area contributed by atoms with Crippen molar-refractivity contribution in [2.45, 2.75) is 212 Å². The summed E-state index contributed by atoms with van der Waals surface area (Å²) in [6.07, 6.45) is 6.35. The molecule has 4 rings (SSSR count). The Hall–Kier alpha value is -2.08. The van der Waals surface area contributed by atoms with E-state index < -0.39 is 26.6 Å². The van der Waals surface area contributed by atoms with Gasteiger partial charge in [-0.25, -0.2) is 0 Å². The Morgan fingerprint density at radius 2 is 0.443 bits per heavy atom. The fraction of sp³-hybridized carbons (Fsp3) is 0.533. The lowest BCUT2D eigenvalue weighted by Gasteiger charge is -2.27. The Kier molecular flexibility index (Phi) is 38.8. The maximum atomic E-state index is 5.86. The van der Waals surface area contributed by atoms with Crippen LogP contribution in [0.5, 0.6) is 0 Å². The minimum absolute atomic E-state index is 0.0893. The van der Waals surface area contributed by atoms with Crippen molar-refractivity contribution in [1.29, 1.82) is 0 Å². The van der Waals surface area contributed by atoms with E-state index in [1.54, 1.807) is 0 Å². The maximum absolute atomic E-state index is 5.86. The molecule has 0 aliphatic carbocycles. The van der Waals surface area contributed by atoms with Crippen molar-refractivity contribution in [3.63, 3.8) is 0 Å². The summed E-state index contributed by atoms with van der Waals surface area (Å²) in [6.45, 7) is 24.0. The molecule has 4 aromatic rings. The summed E-state index contributed by atoms with van der Waals surface area (Å²) in [7, 11) is 0. The summed E-state index contributed by atoms with van der Waals surface area (Å²) in [5, 5.41) is 26.4. The van der Waals surface area contributed by atoms with Gasteiger partial charge in [0.1, 0.15) is 0 Å². The molecule has 0 spiro atoms. The van der Waals surface area contributed by atoms with E-state index in [1.807, 2.05) is 159 Å². The molecule has 0 aliphatic rings. The van der Waals surface area contributed by atoms with Crippen molar-refractivity contribution in [2.75, 3.05) is 21.3 Å². The molecule has 88 heavy (non-hydrogen) atoms. The average Bonchev–Trinajstić information content (AvgIpc) is 3.59. The normalized spacial score (nSPS) is 12.0. The highest BCUT2D eigenvalue weighted by molar-refractivity contribution is 8.10. The zero-order valence-electron chi connectivity index (χ0n) is 54.4. The molecule has 0 amide bonds. The van der Waals surface area contributed by atoms with Gasteiger partial charge < -0.3 is 57.5 Å². The van der Waals surface area contributed by atoms with Crippen molar-refractivity contribution in [2.24, 2.45) is 0 Å². The van der Waals surface area contributed by atoms with Crippen molar-refractivity contribution < 1.29 is 36.2 Å². The van der Waals surface area contributed by atoms with Crippen molar-refractivity contribution in [3.05, 3.63) is 119 Å². The summed E-state index contributed by atoms with van der Waals surface area (Å²) in [6, 6.07) is 32.2. The van der Waals surface area contributed by atoms with Gasteiger partial charge in [-0.05, 0) is 291 Å². The van der Waals surface area contributed by atoms with Crippen LogP contribution in [0.2, 0.25) is 0 Å². The van der Waals surface area contributed by atoms with Crippen LogP contribution in [0.4, 0.5) is 22.7 Å². The smallest absolute Gasteiger partial charge is 0.289 e. The molecule has 0 unspecified atom stereocenters. The van der Waals surface area contributed by atoms with Gasteiger partial charge >= 0.3 is 0 Å². The lowest BCUT2D eigenvalue weighted by Crippen LogP contribution is -2.29. The quantitative estimate of drug-likeness (QED) is 0.0136. The summed E-state index contributed by atoms with van der Waals surface area (Å²) in [5.41, 5.74) is 7.97. The first-order valence-electron chi connectivity index (χ1n) is 29.6. The molecule has 16 nitrogen and oxygen atoms in total. The van der Waals surface area contributed by atoms with Crippen LogP contribution < -0.4 is 41.6 Å². The molecule has 0 radical (unpaired) electrons. The number of benzene rings is 4. The van der Waals surface area contributed by atoms with Gasteiger partial charge in [0.15, 0.2) is 20.4 Å². The third-order valence-electron chi connectivity index (χ3n) is 10.4. The van der Waals surface area contributed by atoms with Gasteiger partial charge in [-0.1, -0.05) is 88.1 Å². The Bertz CT molecular complexity index is 2500. The molecule has 0 saturated heterocycles. The van der Waals surface area contributed by atoms with E-state index >= 15 is 0 Å². The predicted octanol–water partition coefficient (Wildman–Crippen LogP) is 18.6. The van der Waals surface area contributed by atoms with E-state index in [4.69, 9.17) is 132 Å². The van der Waals surface area contributed by atoms with Crippen molar-refractivity contribution in [1.82, 2.24) is 20.3 Å². The molecule has 0 atom stereocenters. The minimum atomic E-state index is -2.77. The fourth-order valence-electron chi connectivity index (χ4n) is 7.46. The zero-order chi connectivity index (χ0) is 66.4. The molecule has 0 aromatic heterocycles. The molecule has 0 bridgehead atoms. The summed E-state index contributed by atoms with van der Waals surface area (Å²) < 4.78 is 46.8. The highest BCUT2D eigenvalue weighted by atomic mass is 32.5. The van der Waals surface area contributed by atoms with Gasteiger partial charge in [-0.15, -0.1) is 0 Å². The molecule has 0 aliphatic heterocycles. The second kappa shape index (κ2) is 41.6. The molecular formula is C60H98N8O8P4S8. The first-order chi connectivity index (χ1) is 41.0. The number of rotatable bonds is 31. The second-order valence-electron chi connectivity index (χ2n) is 22.3. The molecular weight excluding hydrogens is 1340 g/mol. The van der Waals surface area contributed by atoms with Gasteiger partial charge in [0, 0.05) is 22.7 Å². The predicted molar refractivity (Wildman–Crippen MR) is 406 cm³/mol. The van der Waals surface area contributed by atoms with Gasteiger partial charge in [0.05, 0.1) is 48.8 Å². The molecule has 28 heteroatoms. The van der Waals surface area contributed by atoms with E-state index in [9.17, 15) is 0 Å². The number of hydrogen-bond acceptors (Lipinski definition) is 16. The molecule has 0 heterocycles. The number of anilines is 4. The molecule has 8 N–H and O–H groups in total. The fourth-order valence-corrected chi connectivity index (χ4v) is 21.6. The summed E-state index contributed by atoms with van der Waals surface area (Å²) >= 11 is 44.4. The zero-order valence-corrected chi connectivity index (χ0v) is 64.5. The van der Waals surface area contributed by atoms with E-state index in [-0.39, 0.29) is 48.8 Å². The van der Waals surface area contributed by atoms with Crippen LogP contribution in [0.25, 0.3) is 0 Å². The highest BCUT2D eigenvalue weighted by Gasteiger charge is 2.28. The molecule has 494 valence electrons. The summed E-state index contributed by atoms with van der Waals surface area (Å²) in [4.78, 5) is 0. The maximum Gasteiger partial charge on any atom is 0.289 e. The van der Waals surface area contributed by atoms with E-state index in [2.05, 4.69) is 104 Å². The summed E-state index contributed by atoms with van der Waals surface area (Å²) in [5.74, 6) is 0. The first-order valence-corrected chi connectivity index (χ1v) is 41.8. The monoisotopic (exact) mass is 1440 g/mol. The highest BCUT2D eigenvalue weighted by Crippen LogP contribution is 2.49. The first kappa shape index (κ1) is 82.0. The third kappa shape index (κ3) is 37.0. The number of unbranched alkanes of at least 4 members (excludes halogenated alkanes) is 3. The van der Waals surface area contributed by atoms with Crippen LogP contribution in [0.1, 0.15) is 173 Å².